The third-order valence-electron chi connectivity index (χ3n) is 4.78. The molecule has 27 heavy (non-hydrogen) atoms. The number of benzene rings is 2. The maximum Gasteiger partial charge on any atom is 0.119 e. The van der Waals surface area contributed by atoms with Crippen LogP contribution in [0.1, 0.15) is 23.7 Å². The minimum Gasteiger partial charge on any atom is -0.493 e. The van der Waals surface area contributed by atoms with Crippen molar-refractivity contribution in [1.82, 2.24) is 4.90 Å². The first kappa shape index (κ1) is 20.0. The number of rotatable bonds is 7. The van der Waals surface area contributed by atoms with E-state index in [1.165, 1.54) is 4.90 Å². The molecule has 0 radical (unpaired) electrons. The minimum absolute atomic E-state index is 0.450. The molecule has 0 bridgehead atoms. The van der Waals surface area contributed by atoms with Gasteiger partial charge in [0.15, 0.2) is 0 Å². The molecule has 6 heteroatoms. The molecular formula is C21H23ClN2O2S. The summed E-state index contributed by atoms with van der Waals surface area (Å²) in [4.78, 5) is 3.46. The first-order valence-corrected chi connectivity index (χ1v) is 10.6. The summed E-state index contributed by atoms with van der Waals surface area (Å²) in [5.74, 6) is 1.35. The lowest BCUT2D eigenvalue weighted by molar-refractivity contribution is 0.122. The number of β-amino-alcohol motifs (C(OH)–C–C–N with tert-alkyl or cyclic N) is 1. The number of aliphatic hydroxyl groups is 1. The van der Waals surface area contributed by atoms with Crippen LogP contribution in [-0.4, -0.2) is 42.5 Å². The van der Waals surface area contributed by atoms with E-state index in [0.29, 0.717) is 35.2 Å². The van der Waals surface area contributed by atoms with E-state index in [4.69, 9.17) is 21.6 Å². The highest BCUT2D eigenvalue weighted by Gasteiger charge is 2.25. The van der Waals surface area contributed by atoms with Gasteiger partial charge in [0.2, 0.25) is 0 Å². The molecule has 1 aliphatic rings. The van der Waals surface area contributed by atoms with Gasteiger partial charge in [0.05, 0.1) is 24.3 Å². The summed E-state index contributed by atoms with van der Waals surface area (Å²) in [6.07, 6.45) is 2.45. The van der Waals surface area contributed by atoms with E-state index in [2.05, 4.69) is 29.4 Å². The van der Waals surface area contributed by atoms with E-state index in [9.17, 15) is 5.11 Å². The normalized spacial score (nSPS) is 18.2. The van der Waals surface area contributed by atoms with E-state index >= 15 is 0 Å². The Balaban J connectivity index is 1.49. The van der Waals surface area contributed by atoms with Crippen molar-refractivity contribution >= 4 is 23.4 Å². The molecule has 1 saturated heterocycles. The Morgan fingerprint density at radius 1 is 1.33 bits per heavy atom. The summed E-state index contributed by atoms with van der Waals surface area (Å²) in [5.41, 5.74) is 1.16. The van der Waals surface area contributed by atoms with Crippen LogP contribution in [0.15, 0.2) is 47.4 Å². The quantitative estimate of drug-likeness (QED) is 0.697. The van der Waals surface area contributed by atoms with Gasteiger partial charge in [-0.2, -0.15) is 5.26 Å². The molecule has 2 atom stereocenters. The number of hydrogen-bond acceptors (Lipinski definition) is 5. The zero-order chi connectivity index (χ0) is 19.2. The summed E-state index contributed by atoms with van der Waals surface area (Å²) in [6, 6.07) is 15.3. The molecule has 0 spiro atoms. The lowest BCUT2D eigenvalue weighted by Gasteiger charge is -2.21. The molecule has 1 N–H and O–H groups in total. The predicted octanol–water partition coefficient (Wildman–Crippen LogP) is 4.37. The van der Waals surface area contributed by atoms with Crippen molar-refractivity contribution in [3.8, 4) is 11.8 Å². The summed E-state index contributed by atoms with van der Waals surface area (Å²) < 4.78 is 5.92. The number of hydrogen-bond donors (Lipinski definition) is 1. The highest BCUT2D eigenvalue weighted by molar-refractivity contribution is 7.98. The van der Waals surface area contributed by atoms with Gasteiger partial charge in [0.1, 0.15) is 5.75 Å². The fourth-order valence-corrected chi connectivity index (χ4v) is 3.97. The van der Waals surface area contributed by atoms with Crippen LogP contribution in [0.4, 0.5) is 0 Å². The standard InChI is InChI=1S/C21H23ClN2O2S/c1-27-20-4-2-19(3-5-20)26-14-15-6-7-24(12-15)13-21(25)17-8-16(11-23)9-18(22)10-17/h2-5,8-10,15,21,25H,6-7,12-14H2,1H3. The van der Waals surface area contributed by atoms with E-state index < -0.39 is 6.10 Å². The zero-order valence-corrected chi connectivity index (χ0v) is 16.8. The Bertz CT molecular complexity index is 807. The van der Waals surface area contributed by atoms with Crippen LogP contribution >= 0.6 is 23.4 Å². The number of nitriles is 1. The van der Waals surface area contributed by atoms with Gasteiger partial charge >= 0.3 is 0 Å². The van der Waals surface area contributed by atoms with Gasteiger partial charge in [-0.25, -0.2) is 0 Å². The van der Waals surface area contributed by atoms with Gasteiger partial charge < -0.3 is 9.84 Å². The second-order valence-electron chi connectivity index (χ2n) is 6.80. The minimum atomic E-state index is -0.658. The molecule has 0 aliphatic carbocycles. The van der Waals surface area contributed by atoms with Crippen molar-refractivity contribution in [2.45, 2.75) is 17.4 Å². The van der Waals surface area contributed by atoms with Crippen LogP contribution in [-0.2, 0) is 0 Å². The molecule has 1 aliphatic heterocycles. The smallest absolute Gasteiger partial charge is 0.119 e. The number of ether oxygens (including phenoxy) is 1. The van der Waals surface area contributed by atoms with E-state index in [1.807, 2.05) is 12.1 Å². The number of halogens is 1. The summed E-state index contributed by atoms with van der Waals surface area (Å²) in [5, 5.41) is 20.1. The summed E-state index contributed by atoms with van der Waals surface area (Å²) >= 11 is 7.75. The third-order valence-corrected chi connectivity index (χ3v) is 5.74. The Morgan fingerprint density at radius 3 is 2.81 bits per heavy atom. The molecule has 142 valence electrons. The Kier molecular flexibility index (Phi) is 7.03. The summed E-state index contributed by atoms with van der Waals surface area (Å²) in [6.45, 7) is 3.04. The van der Waals surface area contributed by atoms with Crippen LogP contribution in [0.2, 0.25) is 5.02 Å². The lowest BCUT2D eigenvalue weighted by atomic mass is 10.1. The molecule has 2 unspecified atom stereocenters. The number of aliphatic hydroxyl groups excluding tert-OH is 1. The zero-order valence-electron chi connectivity index (χ0n) is 15.3. The Hall–Kier alpha value is -1.71. The maximum atomic E-state index is 10.5. The molecule has 0 aromatic heterocycles. The maximum absolute atomic E-state index is 10.5. The highest BCUT2D eigenvalue weighted by Crippen LogP contribution is 2.25. The van der Waals surface area contributed by atoms with Gasteiger partial charge in [-0.3, -0.25) is 4.90 Å². The first-order valence-electron chi connectivity index (χ1n) is 8.95. The molecule has 4 nitrogen and oxygen atoms in total. The fraction of sp³-hybridized carbons (Fsp3) is 0.381. The van der Waals surface area contributed by atoms with Crippen molar-refractivity contribution in [3.63, 3.8) is 0 Å². The molecule has 3 rings (SSSR count). The van der Waals surface area contributed by atoms with Crippen molar-refractivity contribution < 1.29 is 9.84 Å². The van der Waals surface area contributed by atoms with Gasteiger partial charge in [-0.1, -0.05) is 11.6 Å². The van der Waals surface area contributed by atoms with Crippen LogP contribution in [0.5, 0.6) is 5.75 Å². The van der Waals surface area contributed by atoms with Crippen LogP contribution in [0, 0.1) is 17.2 Å². The van der Waals surface area contributed by atoms with Gasteiger partial charge in [-0.15, -0.1) is 11.8 Å². The Morgan fingerprint density at radius 2 is 2.11 bits per heavy atom. The van der Waals surface area contributed by atoms with E-state index in [1.54, 1.807) is 30.0 Å². The van der Waals surface area contributed by atoms with Gasteiger partial charge in [0, 0.05) is 28.9 Å². The van der Waals surface area contributed by atoms with Crippen molar-refractivity contribution in [2.75, 3.05) is 32.5 Å². The monoisotopic (exact) mass is 402 g/mol. The number of thioether (sulfide) groups is 1. The average Bonchev–Trinajstić information content (AvgIpc) is 3.13. The topological polar surface area (TPSA) is 56.5 Å². The molecule has 2 aromatic rings. The predicted molar refractivity (Wildman–Crippen MR) is 109 cm³/mol. The third kappa shape index (κ3) is 5.63. The van der Waals surface area contributed by atoms with Gasteiger partial charge in [-0.05, 0) is 67.2 Å². The molecule has 1 fully saturated rings. The average molecular weight is 403 g/mol. The molecule has 1 heterocycles. The van der Waals surface area contributed by atoms with Crippen molar-refractivity contribution in [3.05, 3.63) is 58.6 Å². The molecule has 0 saturated carbocycles. The lowest BCUT2D eigenvalue weighted by Crippen LogP contribution is -2.27. The van der Waals surface area contributed by atoms with Gasteiger partial charge in [0.25, 0.3) is 0 Å². The molecular weight excluding hydrogens is 380 g/mol. The number of likely N-dealkylation sites (tertiary alicyclic amines) is 1. The highest BCUT2D eigenvalue weighted by atomic mass is 35.5. The largest absolute Gasteiger partial charge is 0.493 e. The van der Waals surface area contributed by atoms with Crippen molar-refractivity contribution in [2.24, 2.45) is 5.92 Å². The molecule has 2 aromatic carbocycles. The van der Waals surface area contributed by atoms with E-state index in [0.717, 1.165) is 25.3 Å². The fourth-order valence-electron chi connectivity index (χ4n) is 3.32. The second kappa shape index (κ2) is 9.48. The first-order chi connectivity index (χ1) is 13.1. The van der Waals surface area contributed by atoms with Crippen LogP contribution in [0.25, 0.3) is 0 Å². The van der Waals surface area contributed by atoms with Crippen LogP contribution < -0.4 is 4.74 Å². The summed E-state index contributed by atoms with van der Waals surface area (Å²) in [7, 11) is 0. The molecule has 0 amide bonds. The SMILES string of the molecule is CSc1ccc(OCC2CCN(CC(O)c3cc(Cl)cc(C#N)c3)C2)cc1. The van der Waals surface area contributed by atoms with E-state index in [-0.39, 0.29) is 0 Å². The number of nitrogens with zero attached hydrogens (tertiary/aromatic N) is 2. The van der Waals surface area contributed by atoms with Crippen molar-refractivity contribution in [1.29, 1.82) is 5.26 Å². The van der Waals surface area contributed by atoms with Crippen LogP contribution in [0.3, 0.4) is 0 Å². The second-order valence-corrected chi connectivity index (χ2v) is 8.12. The Labute approximate surface area is 169 Å².